The number of carbonyl (C=O) groups excluding carboxylic acids is 1. The quantitative estimate of drug-likeness (QED) is 0.128. The van der Waals surface area contributed by atoms with Crippen molar-refractivity contribution in [2.75, 3.05) is 25.2 Å². The van der Waals surface area contributed by atoms with E-state index in [1.54, 1.807) is 17.8 Å². The Morgan fingerprint density at radius 2 is 2.00 bits per heavy atom. The maximum absolute atomic E-state index is 13.7. The summed E-state index contributed by atoms with van der Waals surface area (Å²) in [5, 5.41) is 2.26. The van der Waals surface area contributed by atoms with Crippen LogP contribution < -0.4 is 11.1 Å². The number of nitrogens with two attached hydrogens (primary N) is 1. The zero-order chi connectivity index (χ0) is 26.6. The topological polar surface area (TPSA) is 133 Å². The van der Waals surface area contributed by atoms with Gasteiger partial charge in [-0.1, -0.05) is 51.5 Å². The van der Waals surface area contributed by atoms with Crippen molar-refractivity contribution in [2.45, 2.75) is 89.5 Å². The number of hydrogen-bond acceptors (Lipinski definition) is 8. The molecule has 0 aromatic heterocycles. The van der Waals surface area contributed by atoms with Crippen LogP contribution >= 0.6 is 19.6 Å². The molecule has 2 rings (SSSR count). The lowest BCUT2D eigenvalue weighted by molar-refractivity contribution is -0.0364. The Hall–Kier alpha value is -0.980. The molecule has 2 amide bonds. The van der Waals surface area contributed by atoms with Crippen LogP contribution in [0.25, 0.3) is 0 Å². The second-order valence-corrected chi connectivity index (χ2v) is 11.3. The minimum absolute atomic E-state index is 0.0188. The van der Waals surface area contributed by atoms with Crippen LogP contribution in [-0.2, 0) is 23.1 Å². The highest BCUT2D eigenvalue weighted by Crippen LogP contribution is 2.44. The minimum Gasteiger partial charge on any atom is -0.372 e. The van der Waals surface area contributed by atoms with E-state index in [0.717, 1.165) is 23.9 Å². The van der Waals surface area contributed by atoms with E-state index in [1.165, 1.54) is 38.2 Å². The Morgan fingerprint density at radius 3 is 2.72 bits per heavy atom. The minimum atomic E-state index is -4.37. The monoisotopic (exact) mass is 553 g/mol. The SMILES string of the molecule is CCCCCCCCC(C)OC(COP(=O)(O)OCC1C=CC(N2C=C(F)C(N)NC2=O)O1)CSC. The van der Waals surface area contributed by atoms with Gasteiger partial charge in [0.05, 0.1) is 25.4 Å². The van der Waals surface area contributed by atoms with Gasteiger partial charge in [0.1, 0.15) is 12.3 Å². The molecule has 2 heterocycles. The van der Waals surface area contributed by atoms with Gasteiger partial charge in [-0.2, -0.15) is 11.8 Å². The van der Waals surface area contributed by atoms with Crippen molar-refractivity contribution in [1.82, 2.24) is 10.2 Å². The van der Waals surface area contributed by atoms with Gasteiger partial charge in [0.15, 0.2) is 12.1 Å². The number of amides is 2. The number of nitrogens with zero attached hydrogens (tertiary/aromatic N) is 1. The van der Waals surface area contributed by atoms with Gasteiger partial charge < -0.3 is 25.4 Å². The molecule has 0 aromatic carbocycles. The van der Waals surface area contributed by atoms with Crippen molar-refractivity contribution in [1.29, 1.82) is 0 Å². The number of halogens is 1. The zero-order valence-corrected chi connectivity index (χ0v) is 23.1. The molecule has 6 unspecified atom stereocenters. The van der Waals surface area contributed by atoms with Crippen LogP contribution in [0.1, 0.15) is 58.8 Å². The number of hydrogen-bond donors (Lipinski definition) is 3. The lowest BCUT2D eigenvalue weighted by Gasteiger charge is -2.30. The lowest BCUT2D eigenvalue weighted by Crippen LogP contribution is -2.54. The second-order valence-electron chi connectivity index (χ2n) is 8.94. The fraction of sp³-hybridized carbons (Fsp3) is 0.783. The molecule has 4 N–H and O–H groups in total. The van der Waals surface area contributed by atoms with Gasteiger partial charge in [-0.05, 0) is 25.7 Å². The number of urea groups is 1. The van der Waals surface area contributed by atoms with Crippen LogP contribution in [0, 0.1) is 0 Å². The Balaban J connectivity index is 1.71. The third-order valence-electron chi connectivity index (χ3n) is 5.72. The van der Waals surface area contributed by atoms with E-state index in [1.807, 2.05) is 13.2 Å². The molecule has 0 bridgehead atoms. The summed E-state index contributed by atoms with van der Waals surface area (Å²) < 4.78 is 48.0. The van der Waals surface area contributed by atoms with Gasteiger partial charge in [-0.15, -0.1) is 0 Å². The molecule has 2 aliphatic rings. The molecule has 13 heteroatoms. The second kappa shape index (κ2) is 16.1. The van der Waals surface area contributed by atoms with Crippen LogP contribution in [0.15, 0.2) is 24.2 Å². The number of rotatable bonds is 18. The van der Waals surface area contributed by atoms with Crippen molar-refractivity contribution >= 4 is 25.6 Å². The average molecular weight is 554 g/mol. The molecular weight excluding hydrogens is 512 g/mol. The molecule has 208 valence electrons. The summed E-state index contributed by atoms with van der Waals surface area (Å²) in [4.78, 5) is 23.1. The fourth-order valence-electron chi connectivity index (χ4n) is 3.78. The Morgan fingerprint density at radius 1 is 1.28 bits per heavy atom. The van der Waals surface area contributed by atoms with E-state index in [9.17, 15) is 18.6 Å². The van der Waals surface area contributed by atoms with Gasteiger partial charge in [-0.25, -0.2) is 13.8 Å². The molecule has 0 fully saturated rings. The van der Waals surface area contributed by atoms with Crippen molar-refractivity contribution in [2.24, 2.45) is 5.73 Å². The van der Waals surface area contributed by atoms with Crippen LogP contribution in [0.2, 0.25) is 0 Å². The molecule has 2 aliphatic heterocycles. The van der Waals surface area contributed by atoms with Crippen LogP contribution in [0.5, 0.6) is 0 Å². The summed E-state index contributed by atoms with van der Waals surface area (Å²) >= 11 is 1.56. The van der Waals surface area contributed by atoms with E-state index in [4.69, 9.17) is 24.3 Å². The van der Waals surface area contributed by atoms with E-state index in [-0.39, 0.29) is 25.4 Å². The zero-order valence-electron chi connectivity index (χ0n) is 21.3. The highest BCUT2D eigenvalue weighted by Gasteiger charge is 2.34. The number of thioether (sulfide) groups is 1. The summed E-state index contributed by atoms with van der Waals surface area (Å²) in [6.07, 6.45) is 11.0. The fourth-order valence-corrected chi connectivity index (χ4v) is 5.09. The number of ether oxygens (including phenoxy) is 2. The number of phosphoric ester groups is 1. The molecule has 0 saturated carbocycles. The van der Waals surface area contributed by atoms with Gasteiger partial charge in [0.2, 0.25) is 0 Å². The van der Waals surface area contributed by atoms with Crippen molar-refractivity contribution in [3.63, 3.8) is 0 Å². The number of carbonyl (C=O) groups is 1. The third kappa shape index (κ3) is 11.2. The molecular formula is C23H41FN3O7PS. The summed E-state index contributed by atoms with van der Waals surface area (Å²) in [5.41, 5.74) is 5.43. The van der Waals surface area contributed by atoms with E-state index < -0.39 is 38.2 Å². The molecule has 0 aliphatic carbocycles. The first-order valence-corrected chi connectivity index (χ1v) is 15.4. The summed E-state index contributed by atoms with van der Waals surface area (Å²) in [5.74, 6) is -0.106. The Bertz CT molecular complexity index is 791. The predicted molar refractivity (Wildman–Crippen MR) is 138 cm³/mol. The highest BCUT2D eigenvalue weighted by atomic mass is 32.2. The normalized spacial score (nSPS) is 25.4. The van der Waals surface area contributed by atoms with Crippen molar-refractivity contribution < 1.29 is 37.2 Å². The summed E-state index contributed by atoms with van der Waals surface area (Å²) in [6, 6.07) is -0.623. The molecule has 0 aromatic rings. The first-order valence-electron chi connectivity index (χ1n) is 12.5. The summed E-state index contributed by atoms with van der Waals surface area (Å²) in [7, 11) is -4.37. The lowest BCUT2D eigenvalue weighted by atomic mass is 10.1. The average Bonchev–Trinajstić information content (AvgIpc) is 3.30. The number of phosphoric acid groups is 1. The number of unbranched alkanes of at least 4 members (excludes halogenated alkanes) is 5. The molecule has 10 nitrogen and oxygen atoms in total. The molecule has 36 heavy (non-hydrogen) atoms. The van der Waals surface area contributed by atoms with Crippen LogP contribution in [-0.4, -0.2) is 71.8 Å². The standard InChI is InChI=1S/C23H41FN3O7PS/c1-4-5-6-7-8-9-10-17(2)33-19(16-36-3)15-32-35(29,30)31-14-18-11-12-21(34-18)27-13-20(24)22(25)26-23(27)28/h11-13,17-19,21-22H,4-10,14-16,25H2,1-3H3,(H,26,28)(H,29,30). The first kappa shape index (κ1) is 31.2. The predicted octanol–water partition coefficient (Wildman–Crippen LogP) is 4.41. The largest absolute Gasteiger partial charge is 0.472 e. The van der Waals surface area contributed by atoms with Gasteiger partial charge in [-0.3, -0.25) is 13.9 Å². The van der Waals surface area contributed by atoms with Crippen LogP contribution in [0.4, 0.5) is 9.18 Å². The van der Waals surface area contributed by atoms with Crippen molar-refractivity contribution in [3.8, 4) is 0 Å². The smallest absolute Gasteiger partial charge is 0.372 e. The Kier molecular flexibility index (Phi) is 14.0. The maximum Gasteiger partial charge on any atom is 0.472 e. The molecule has 0 spiro atoms. The van der Waals surface area contributed by atoms with Crippen LogP contribution in [0.3, 0.4) is 0 Å². The molecule has 0 saturated heterocycles. The van der Waals surface area contributed by atoms with Gasteiger partial charge >= 0.3 is 13.9 Å². The Labute approximate surface area is 217 Å². The van der Waals surface area contributed by atoms with Gasteiger partial charge in [0.25, 0.3) is 0 Å². The molecule has 6 atom stereocenters. The maximum atomic E-state index is 13.7. The number of nitrogens with one attached hydrogen (secondary N) is 1. The van der Waals surface area contributed by atoms with E-state index in [0.29, 0.717) is 5.75 Å². The van der Waals surface area contributed by atoms with Gasteiger partial charge in [0, 0.05) is 12.0 Å². The molecule has 0 radical (unpaired) electrons. The summed E-state index contributed by atoms with van der Waals surface area (Å²) in [6.45, 7) is 3.83. The van der Waals surface area contributed by atoms with Crippen molar-refractivity contribution in [3.05, 3.63) is 24.2 Å². The first-order chi connectivity index (χ1) is 17.1. The third-order valence-corrected chi connectivity index (χ3v) is 7.37. The van der Waals surface area contributed by atoms with E-state index in [2.05, 4.69) is 12.2 Å². The highest BCUT2D eigenvalue weighted by molar-refractivity contribution is 7.98. The van der Waals surface area contributed by atoms with E-state index >= 15 is 0 Å².